The van der Waals surface area contributed by atoms with Crippen molar-refractivity contribution in [2.75, 3.05) is 32.1 Å². The molecule has 154 valence electrons. The summed E-state index contributed by atoms with van der Waals surface area (Å²) in [5.41, 5.74) is 1.60. The molecule has 1 heterocycles. The van der Waals surface area contributed by atoms with Gasteiger partial charge in [-0.3, -0.25) is 4.79 Å². The zero-order valence-electron chi connectivity index (χ0n) is 16.9. The first-order chi connectivity index (χ1) is 14.0. The Morgan fingerprint density at radius 1 is 1.14 bits per heavy atom. The maximum atomic E-state index is 12.1. The number of hydrogen-bond acceptors (Lipinski definition) is 5. The normalized spacial score (nSPS) is 18.8. The first-order valence-corrected chi connectivity index (χ1v) is 9.97. The van der Waals surface area contributed by atoms with E-state index in [0.717, 1.165) is 29.3 Å². The average molecular weight is 415 g/mol. The number of nitrogens with zero attached hydrogens (tertiary/aromatic N) is 1. The van der Waals surface area contributed by atoms with E-state index in [1.807, 2.05) is 56.3 Å². The highest BCUT2D eigenvalue weighted by Crippen LogP contribution is 2.29. The number of ether oxygens (including phenoxy) is 3. The molecule has 2 aromatic rings. The number of nitrogens with one attached hydrogen (secondary N) is 1. The molecule has 6 nitrogen and oxygen atoms in total. The van der Waals surface area contributed by atoms with Gasteiger partial charge in [0.25, 0.3) is 5.91 Å². The van der Waals surface area contributed by atoms with Gasteiger partial charge in [-0.1, -0.05) is 30.4 Å². The number of carbonyl (C=O) groups is 1. The van der Waals surface area contributed by atoms with E-state index in [9.17, 15) is 4.79 Å². The molecule has 0 radical (unpaired) electrons. The van der Waals surface area contributed by atoms with E-state index in [2.05, 4.69) is 10.2 Å². The number of hydrogen-bond donors (Lipinski definition) is 1. The highest BCUT2D eigenvalue weighted by molar-refractivity contribution is 7.80. The summed E-state index contributed by atoms with van der Waals surface area (Å²) in [5.74, 6) is 0.784. The lowest BCUT2D eigenvalue weighted by atomic mass is 10.1. The first-order valence-electron chi connectivity index (χ1n) is 9.56. The molecule has 0 saturated carbocycles. The third-order valence-corrected chi connectivity index (χ3v) is 5.03. The lowest BCUT2D eigenvalue weighted by Gasteiger charge is -2.37. The van der Waals surface area contributed by atoms with E-state index in [1.165, 1.54) is 0 Å². The fraction of sp³-hybridized carbons (Fsp3) is 0.364. The van der Waals surface area contributed by atoms with Crippen LogP contribution in [-0.2, 0) is 9.53 Å². The van der Waals surface area contributed by atoms with Gasteiger partial charge in [-0.15, -0.1) is 0 Å². The molecule has 2 atom stereocenters. The molecule has 1 aliphatic rings. The van der Waals surface area contributed by atoms with Crippen LogP contribution in [0.4, 0.5) is 5.69 Å². The number of rotatable bonds is 6. The average Bonchev–Trinajstić information content (AvgIpc) is 2.71. The van der Waals surface area contributed by atoms with Crippen LogP contribution in [-0.4, -0.2) is 54.8 Å². The molecule has 3 rings (SSSR count). The van der Waals surface area contributed by atoms with Crippen molar-refractivity contribution in [3.05, 3.63) is 54.1 Å². The third kappa shape index (κ3) is 5.68. The van der Waals surface area contributed by atoms with E-state index < -0.39 is 0 Å². The minimum absolute atomic E-state index is 0.118. The quantitative estimate of drug-likeness (QED) is 0.730. The Morgan fingerprint density at radius 2 is 1.83 bits per heavy atom. The van der Waals surface area contributed by atoms with Crippen LogP contribution in [0.5, 0.6) is 11.5 Å². The second-order valence-corrected chi connectivity index (χ2v) is 7.42. The fourth-order valence-corrected chi connectivity index (χ4v) is 3.58. The molecule has 1 amide bonds. The number of para-hydroxylation sites is 1. The minimum atomic E-state index is -0.242. The SMILES string of the molecule is COc1cc(C(=S)N2C[C@@H](C)O[C@@H](C)C2)ccc1OCC(=O)Nc1ccccc1. The van der Waals surface area contributed by atoms with Crippen molar-refractivity contribution in [3.8, 4) is 11.5 Å². The van der Waals surface area contributed by atoms with Crippen molar-refractivity contribution in [2.45, 2.75) is 26.1 Å². The molecule has 0 aliphatic carbocycles. The van der Waals surface area contributed by atoms with E-state index in [1.54, 1.807) is 13.2 Å². The van der Waals surface area contributed by atoms with Gasteiger partial charge in [-0.05, 0) is 44.2 Å². The lowest BCUT2D eigenvalue weighted by molar-refractivity contribution is -0.118. The highest BCUT2D eigenvalue weighted by Gasteiger charge is 2.25. The van der Waals surface area contributed by atoms with Crippen molar-refractivity contribution in [2.24, 2.45) is 0 Å². The molecule has 2 aromatic carbocycles. The topological polar surface area (TPSA) is 60.0 Å². The number of carbonyl (C=O) groups excluding carboxylic acids is 1. The first kappa shape index (κ1) is 21.1. The molecule has 0 aromatic heterocycles. The molecule has 0 unspecified atom stereocenters. The molecule has 0 bridgehead atoms. The molecule has 1 N–H and O–H groups in total. The van der Waals surface area contributed by atoms with Crippen LogP contribution in [0.2, 0.25) is 0 Å². The Kier molecular flexibility index (Phi) is 7.06. The summed E-state index contributed by atoms with van der Waals surface area (Å²) in [6.45, 7) is 5.48. The molecular weight excluding hydrogens is 388 g/mol. The van der Waals surface area contributed by atoms with Gasteiger partial charge in [0.05, 0.1) is 19.3 Å². The lowest BCUT2D eigenvalue weighted by Crippen LogP contribution is -2.47. The van der Waals surface area contributed by atoms with Crippen LogP contribution in [0.3, 0.4) is 0 Å². The van der Waals surface area contributed by atoms with Gasteiger partial charge in [0, 0.05) is 24.3 Å². The standard InChI is InChI=1S/C22H26N2O4S/c1-15-12-24(13-16(2)28-15)22(29)17-9-10-19(20(11-17)26-3)27-14-21(25)23-18-7-5-4-6-8-18/h4-11,15-16H,12-14H2,1-3H3,(H,23,25)/t15-,16+. The van der Waals surface area contributed by atoms with Crippen LogP contribution in [0, 0.1) is 0 Å². The van der Waals surface area contributed by atoms with E-state index in [4.69, 9.17) is 26.4 Å². The van der Waals surface area contributed by atoms with Gasteiger partial charge in [0.1, 0.15) is 4.99 Å². The summed E-state index contributed by atoms with van der Waals surface area (Å²) < 4.78 is 16.9. The van der Waals surface area contributed by atoms with E-state index >= 15 is 0 Å². The monoisotopic (exact) mass is 414 g/mol. The van der Waals surface area contributed by atoms with Crippen molar-refractivity contribution >= 4 is 28.8 Å². The molecule has 1 saturated heterocycles. The maximum absolute atomic E-state index is 12.1. The second kappa shape index (κ2) is 9.71. The Labute approximate surface area is 176 Å². The summed E-state index contributed by atoms with van der Waals surface area (Å²) in [6.07, 6.45) is 0.258. The number of methoxy groups -OCH3 is 1. The molecule has 1 aliphatic heterocycles. The summed E-state index contributed by atoms with van der Waals surface area (Å²) in [6, 6.07) is 14.8. The second-order valence-electron chi connectivity index (χ2n) is 7.04. The Morgan fingerprint density at radius 3 is 2.48 bits per heavy atom. The largest absolute Gasteiger partial charge is 0.493 e. The van der Waals surface area contributed by atoms with Gasteiger partial charge >= 0.3 is 0 Å². The van der Waals surface area contributed by atoms with Gasteiger partial charge in [0.15, 0.2) is 18.1 Å². The predicted molar refractivity (Wildman–Crippen MR) is 117 cm³/mol. The number of amides is 1. The van der Waals surface area contributed by atoms with Gasteiger partial charge in [0.2, 0.25) is 0 Å². The van der Waals surface area contributed by atoms with E-state index in [0.29, 0.717) is 11.5 Å². The Bertz CT molecular complexity index is 849. The zero-order valence-corrected chi connectivity index (χ0v) is 17.7. The van der Waals surface area contributed by atoms with Crippen molar-refractivity contribution in [1.29, 1.82) is 0 Å². The van der Waals surface area contributed by atoms with Crippen LogP contribution in [0.15, 0.2) is 48.5 Å². The van der Waals surface area contributed by atoms with Crippen molar-refractivity contribution in [1.82, 2.24) is 4.90 Å². The molecular formula is C22H26N2O4S. The number of morpholine rings is 1. The predicted octanol–water partition coefficient (Wildman–Crippen LogP) is 3.50. The summed E-state index contributed by atoms with van der Waals surface area (Å²) in [5, 5.41) is 2.79. The number of thiocarbonyl (C=S) groups is 1. The zero-order chi connectivity index (χ0) is 20.8. The van der Waals surface area contributed by atoms with Crippen molar-refractivity contribution in [3.63, 3.8) is 0 Å². The molecule has 7 heteroatoms. The maximum Gasteiger partial charge on any atom is 0.262 e. The Balaban J connectivity index is 1.64. The molecule has 29 heavy (non-hydrogen) atoms. The third-order valence-electron chi connectivity index (χ3n) is 4.53. The van der Waals surface area contributed by atoms with Gasteiger partial charge in [-0.2, -0.15) is 0 Å². The summed E-state index contributed by atoms with van der Waals surface area (Å²) >= 11 is 5.69. The fourth-order valence-electron chi connectivity index (χ4n) is 3.31. The summed E-state index contributed by atoms with van der Waals surface area (Å²) in [4.78, 5) is 15.0. The van der Waals surface area contributed by atoms with Crippen LogP contribution in [0.25, 0.3) is 0 Å². The van der Waals surface area contributed by atoms with Crippen molar-refractivity contribution < 1.29 is 19.0 Å². The van der Waals surface area contributed by atoms with E-state index in [-0.39, 0.29) is 24.7 Å². The molecule has 1 fully saturated rings. The van der Waals surface area contributed by atoms with Crippen LogP contribution < -0.4 is 14.8 Å². The Hall–Kier alpha value is -2.64. The number of anilines is 1. The number of benzene rings is 2. The van der Waals surface area contributed by atoms with Gasteiger partial charge in [-0.25, -0.2) is 0 Å². The van der Waals surface area contributed by atoms with Crippen LogP contribution >= 0.6 is 12.2 Å². The van der Waals surface area contributed by atoms with Gasteiger partial charge < -0.3 is 24.4 Å². The smallest absolute Gasteiger partial charge is 0.262 e. The summed E-state index contributed by atoms with van der Waals surface area (Å²) in [7, 11) is 1.57. The molecule has 0 spiro atoms. The minimum Gasteiger partial charge on any atom is -0.493 e. The van der Waals surface area contributed by atoms with Crippen LogP contribution in [0.1, 0.15) is 19.4 Å². The highest BCUT2D eigenvalue weighted by atomic mass is 32.1.